The number of hydroxylamine groups is 2. The molecular formula is C6H15N3O. The molecule has 0 spiro atoms. The van der Waals surface area contributed by atoms with Gasteiger partial charge in [-0.1, -0.05) is 19.8 Å². The van der Waals surface area contributed by atoms with E-state index < -0.39 is 0 Å². The third-order valence-electron chi connectivity index (χ3n) is 1.25. The first-order valence-electron chi connectivity index (χ1n) is 3.49. The minimum atomic E-state index is -0.281. The van der Waals surface area contributed by atoms with E-state index in [1.165, 1.54) is 0 Å². The van der Waals surface area contributed by atoms with E-state index in [2.05, 4.69) is 6.92 Å². The standard InChI is InChI=1S/C6H15N3O/c1-2-3-4-5-9(10)6(7)8/h10H,2-5H2,1H3,(H3,7,8). The van der Waals surface area contributed by atoms with E-state index >= 15 is 0 Å². The molecule has 0 aliphatic carbocycles. The summed E-state index contributed by atoms with van der Waals surface area (Å²) >= 11 is 0. The molecule has 0 radical (unpaired) electrons. The van der Waals surface area contributed by atoms with Gasteiger partial charge in [0.1, 0.15) is 0 Å². The molecular weight excluding hydrogens is 130 g/mol. The maximum atomic E-state index is 8.84. The molecule has 0 saturated carbocycles. The molecule has 0 heterocycles. The number of guanidine groups is 1. The molecule has 0 amide bonds. The molecule has 0 atom stereocenters. The topological polar surface area (TPSA) is 73.3 Å². The molecule has 0 saturated heterocycles. The lowest BCUT2D eigenvalue weighted by Gasteiger charge is -2.12. The number of unbranched alkanes of at least 4 members (excludes halogenated alkanes) is 2. The minimum absolute atomic E-state index is 0.281. The summed E-state index contributed by atoms with van der Waals surface area (Å²) in [5, 5.41) is 16.4. The lowest BCUT2D eigenvalue weighted by molar-refractivity contribution is -0.0181. The van der Waals surface area contributed by atoms with Crippen molar-refractivity contribution in [1.82, 2.24) is 5.06 Å². The Morgan fingerprint density at radius 3 is 2.60 bits per heavy atom. The van der Waals surface area contributed by atoms with Crippen LogP contribution in [-0.2, 0) is 0 Å². The number of hydrogen-bond acceptors (Lipinski definition) is 2. The predicted molar refractivity (Wildman–Crippen MR) is 39.9 cm³/mol. The Morgan fingerprint density at radius 1 is 1.60 bits per heavy atom. The van der Waals surface area contributed by atoms with Crippen LogP contribution in [0.1, 0.15) is 26.2 Å². The van der Waals surface area contributed by atoms with Crippen LogP contribution in [-0.4, -0.2) is 22.8 Å². The highest BCUT2D eigenvalue weighted by atomic mass is 16.5. The van der Waals surface area contributed by atoms with Gasteiger partial charge in [-0.05, 0) is 6.42 Å². The highest BCUT2D eigenvalue weighted by Gasteiger charge is 1.98. The van der Waals surface area contributed by atoms with E-state index in [1.54, 1.807) is 0 Å². The van der Waals surface area contributed by atoms with Gasteiger partial charge in [0, 0.05) is 6.54 Å². The Hall–Kier alpha value is -0.770. The third-order valence-corrected chi connectivity index (χ3v) is 1.25. The summed E-state index contributed by atoms with van der Waals surface area (Å²) in [6.07, 6.45) is 3.04. The molecule has 0 aliphatic rings. The molecule has 0 rings (SSSR count). The fourth-order valence-electron chi connectivity index (χ4n) is 0.632. The quantitative estimate of drug-likeness (QED) is 0.237. The first kappa shape index (κ1) is 9.23. The van der Waals surface area contributed by atoms with Crippen molar-refractivity contribution in [1.29, 1.82) is 5.41 Å². The molecule has 0 aromatic rings. The zero-order valence-electron chi connectivity index (χ0n) is 6.30. The third kappa shape index (κ3) is 4.14. The monoisotopic (exact) mass is 145 g/mol. The molecule has 10 heavy (non-hydrogen) atoms. The second-order valence-electron chi connectivity index (χ2n) is 2.22. The van der Waals surface area contributed by atoms with Gasteiger partial charge in [0.15, 0.2) is 0 Å². The van der Waals surface area contributed by atoms with E-state index in [-0.39, 0.29) is 5.96 Å². The molecule has 0 aromatic carbocycles. The van der Waals surface area contributed by atoms with Gasteiger partial charge in [-0.2, -0.15) is 0 Å². The summed E-state index contributed by atoms with van der Waals surface area (Å²) in [6, 6.07) is 0. The number of rotatable bonds is 4. The Morgan fingerprint density at radius 2 is 2.20 bits per heavy atom. The summed E-state index contributed by atoms with van der Waals surface area (Å²) in [4.78, 5) is 0. The van der Waals surface area contributed by atoms with Crippen molar-refractivity contribution in [3.63, 3.8) is 0 Å². The number of nitrogens with one attached hydrogen (secondary N) is 1. The lowest BCUT2D eigenvalue weighted by atomic mass is 10.2. The lowest BCUT2D eigenvalue weighted by Crippen LogP contribution is -2.34. The van der Waals surface area contributed by atoms with Crippen molar-refractivity contribution >= 4 is 5.96 Å². The SMILES string of the molecule is CCCCCN(O)C(=N)N. The minimum Gasteiger partial charge on any atom is -0.368 e. The van der Waals surface area contributed by atoms with Gasteiger partial charge in [0.05, 0.1) is 0 Å². The number of hydrogen-bond donors (Lipinski definition) is 3. The summed E-state index contributed by atoms with van der Waals surface area (Å²) < 4.78 is 0. The average Bonchev–Trinajstić information content (AvgIpc) is 1.88. The van der Waals surface area contributed by atoms with Crippen LogP contribution in [0.5, 0.6) is 0 Å². The fraction of sp³-hybridized carbons (Fsp3) is 0.833. The normalized spacial score (nSPS) is 9.40. The second kappa shape index (κ2) is 5.05. The molecule has 0 aliphatic heterocycles. The van der Waals surface area contributed by atoms with Crippen molar-refractivity contribution in [2.24, 2.45) is 5.73 Å². The molecule has 0 bridgehead atoms. The maximum Gasteiger partial charge on any atom is 0.212 e. The summed E-state index contributed by atoms with van der Waals surface area (Å²) in [5.41, 5.74) is 4.98. The first-order chi connectivity index (χ1) is 4.68. The Labute approximate surface area is 61.1 Å². The first-order valence-corrected chi connectivity index (χ1v) is 3.49. The van der Waals surface area contributed by atoms with Crippen LogP contribution in [0.4, 0.5) is 0 Å². The highest BCUT2D eigenvalue weighted by molar-refractivity contribution is 5.73. The van der Waals surface area contributed by atoms with E-state index in [1.807, 2.05) is 0 Å². The van der Waals surface area contributed by atoms with Crippen LogP contribution >= 0.6 is 0 Å². The van der Waals surface area contributed by atoms with Gasteiger partial charge in [0.25, 0.3) is 0 Å². The molecule has 0 fully saturated rings. The smallest absolute Gasteiger partial charge is 0.212 e. The van der Waals surface area contributed by atoms with E-state index in [4.69, 9.17) is 16.4 Å². The van der Waals surface area contributed by atoms with E-state index in [0.29, 0.717) is 6.54 Å². The van der Waals surface area contributed by atoms with E-state index in [0.717, 1.165) is 24.3 Å². The predicted octanol–water partition coefficient (Wildman–Crippen LogP) is 0.761. The Balaban J connectivity index is 3.21. The van der Waals surface area contributed by atoms with Crippen LogP contribution < -0.4 is 5.73 Å². The van der Waals surface area contributed by atoms with Crippen molar-refractivity contribution in [2.45, 2.75) is 26.2 Å². The zero-order valence-corrected chi connectivity index (χ0v) is 6.30. The molecule has 4 heteroatoms. The van der Waals surface area contributed by atoms with Crippen molar-refractivity contribution in [3.05, 3.63) is 0 Å². The summed E-state index contributed by atoms with van der Waals surface area (Å²) in [5.74, 6) is -0.281. The van der Waals surface area contributed by atoms with Gasteiger partial charge in [-0.25, -0.2) is 5.06 Å². The molecule has 0 aromatic heterocycles. The molecule has 4 N–H and O–H groups in total. The highest BCUT2D eigenvalue weighted by Crippen LogP contribution is 1.94. The van der Waals surface area contributed by atoms with Gasteiger partial charge < -0.3 is 5.73 Å². The van der Waals surface area contributed by atoms with E-state index in [9.17, 15) is 0 Å². The van der Waals surface area contributed by atoms with Gasteiger partial charge in [0.2, 0.25) is 5.96 Å². The molecule has 0 unspecified atom stereocenters. The molecule has 4 nitrogen and oxygen atoms in total. The molecule has 60 valence electrons. The van der Waals surface area contributed by atoms with Crippen molar-refractivity contribution in [3.8, 4) is 0 Å². The Bertz CT molecular complexity index is 105. The van der Waals surface area contributed by atoms with Crippen LogP contribution in [0.3, 0.4) is 0 Å². The second-order valence-corrected chi connectivity index (χ2v) is 2.22. The van der Waals surface area contributed by atoms with Crippen molar-refractivity contribution < 1.29 is 5.21 Å². The largest absolute Gasteiger partial charge is 0.368 e. The van der Waals surface area contributed by atoms with Crippen molar-refractivity contribution in [2.75, 3.05) is 6.54 Å². The summed E-state index contributed by atoms with van der Waals surface area (Å²) in [7, 11) is 0. The average molecular weight is 145 g/mol. The maximum absolute atomic E-state index is 8.84. The van der Waals surface area contributed by atoms with Gasteiger partial charge in [-0.3, -0.25) is 10.6 Å². The van der Waals surface area contributed by atoms with Crippen LogP contribution in [0.15, 0.2) is 0 Å². The zero-order chi connectivity index (χ0) is 7.98. The van der Waals surface area contributed by atoms with Crippen LogP contribution in [0.2, 0.25) is 0 Å². The number of nitrogens with zero attached hydrogens (tertiary/aromatic N) is 1. The van der Waals surface area contributed by atoms with Gasteiger partial charge >= 0.3 is 0 Å². The fourth-order valence-corrected chi connectivity index (χ4v) is 0.632. The Kier molecular flexibility index (Phi) is 4.66. The van der Waals surface area contributed by atoms with Gasteiger partial charge in [-0.15, -0.1) is 0 Å². The van der Waals surface area contributed by atoms with Crippen LogP contribution in [0, 0.1) is 5.41 Å². The van der Waals surface area contributed by atoms with Crippen LogP contribution in [0.25, 0.3) is 0 Å². The summed E-state index contributed by atoms with van der Waals surface area (Å²) in [6.45, 7) is 2.54. The number of nitrogens with two attached hydrogens (primary N) is 1.